The number of phenols is 3. The Hall–Kier alpha value is -3.55. The van der Waals surface area contributed by atoms with Crippen molar-refractivity contribution in [3.63, 3.8) is 0 Å². The largest absolute Gasteiger partial charge is 0.508 e. The molecular weight excluding hydrogens is 444 g/mol. The number of rotatable bonds is 4. The van der Waals surface area contributed by atoms with E-state index in [2.05, 4.69) is 0 Å². The first-order valence-electron chi connectivity index (χ1n) is 9.65. The van der Waals surface area contributed by atoms with Gasteiger partial charge in [-0.05, 0) is 12.1 Å². The number of fused-ring (bicyclic) bond motifs is 1. The summed E-state index contributed by atoms with van der Waals surface area (Å²) in [5, 5.41) is 79.6. The number of benzene rings is 2. The van der Waals surface area contributed by atoms with Crippen molar-refractivity contribution in [2.24, 2.45) is 0 Å². The van der Waals surface area contributed by atoms with E-state index in [1.165, 1.54) is 18.2 Å². The molecule has 1 fully saturated rings. The zero-order valence-electron chi connectivity index (χ0n) is 16.7. The summed E-state index contributed by atoms with van der Waals surface area (Å²) in [4.78, 5) is 12.7. The van der Waals surface area contributed by atoms with E-state index in [-0.39, 0.29) is 16.9 Å². The molecule has 1 aromatic heterocycles. The Morgan fingerprint density at radius 1 is 0.939 bits per heavy atom. The SMILES string of the molecule is O=c1c(O)c(-c2c(O)cccc2O[C@@H]2OC(CO)[C@@H](O)[C@H](O)C2O)oc2cc(O)cc(O)c12. The van der Waals surface area contributed by atoms with Gasteiger partial charge in [-0.1, -0.05) is 6.07 Å². The quantitative estimate of drug-likeness (QED) is 0.245. The summed E-state index contributed by atoms with van der Waals surface area (Å²) in [6, 6.07) is 5.66. The summed E-state index contributed by atoms with van der Waals surface area (Å²) >= 11 is 0. The topological polar surface area (TPSA) is 211 Å². The molecule has 0 spiro atoms. The van der Waals surface area contributed by atoms with E-state index >= 15 is 0 Å². The molecule has 0 saturated carbocycles. The average Bonchev–Trinajstić information content (AvgIpc) is 2.76. The van der Waals surface area contributed by atoms with Crippen molar-refractivity contribution in [2.75, 3.05) is 6.61 Å². The van der Waals surface area contributed by atoms with Crippen LogP contribution in [-0.4, -0.2) is 78.2 Å². The van der Waals surface area contributed by atoms with Gasteiger partial charge in [-0.25, -0.2) is 0 Å². The Labute approximate surface area is 184 Å². The van der Waals surface area contributed by atoms with Crippen LogP contribution >= 0.6 is 0 Å². The van der Waals surface area contributed by atoms with Crippen molar-refractivity contribution < 1.29 is 54.7 Å². The molecule has 12 nitrogen and oxygen atoms in total. The van der Waals surface area contributed by atoms with Crippen LogP contribution in [0.2, 0.25) is 0 Å². The average molecular weight is 464 g/mol. The molecule has 3 aromatic rings. The van der Waals surface area contributed by atoms with Crippen molar-refractivity contribution in [2.45, 2.75) is 30.7 Å². The first-order valence-corrected chi connectivity index (χ1v) is 9.65. The minimum absolute atomic E-state index is 0.276. The number of hydrogen-bond donors (Lipinski definition) is 8. The van der Waals surface area contributed by atoms with E-state index in [9.17, 15) is 45.6 Å². The van der Waals surface area contributed by atoms with Gasteiger partial charge in [0.15, 0.2) is 5.76 Å². The van der Waals surface area contributed by atoms with Gasteiger partial charge in [0.25, 0.3) is 0 Å². The molecule has 1 aliphatic rings. The van der Waals surface area contributed by atoms with Crippen molar-refractivity contribution >= 4 is 11.0 Å². The molecule has 33 heavy (non-hydrogen) atoms. The molecule has 4 rings (SSSR count). The maximum absolute atomic E-state index is 12.7. The second kappa shape index (κ2) is 8.42. The number of aliphatic hydroxyl groups is 4. The Bertz CT molecular complexity index is 1250. The molecule has 1 aliphatic heterocycles. The van der Waals surface area contributed by atoms with Crippen LogP contribution in [-0.2, 0) is 4.74 Å². The van der Waals surface area contributed by atoms with Gasteiger partial charge in [0.2, 0.25) is 17.5 Å². The fraction of sp³-hybridized carbons (Fsp3) is 0.286. The molecule has 0 aliphatic carbocycles. The zero-order valence-corrected chi connectivity index (χ0v) is 16.7. The van der Waals surface area contributed by atoms with Crippen LogP contribution in [0.15, 0.2) is 39.5 Å². The summed E-state index contributed by atoms with van der Waals surface area (Å²) in [7, 11) is 0. The Kier molecular flexibility index (Phi) is 5.78. The van der Waals surface area contributed by atoms with Crippen LogP contribution in [0.3, 0.4) is 0 Å². The van der Waals surface area contributed by atoms with Crippen LogP contribution in [0.1, 0.15) is 0 Å². The molecular formula is C21H20O12. The maximum Gasteiger partial charge on any atom is 0.238 e. The highest BCUT2D eigenvalue weighted by Crippen LogP contribution is 2.44. The molecule has 176 valence electrons. The molecule has 2 aromatic carbocycles. The standard InChI is InChI=1S/C21H20O12/c22-6-12-15(26)17(28)19(30)21(33-12)32-10-3-1-2-8(24)14(10)20-18(29)16(27)13-9(25)4-7(23)5-11(13)31-20/h1-5,12,15,17,19,21-26,28-30H,6H2/t12?,15-,17+,19?,21-/m1/s1. The molecule has 12 heteroatoms. The predicted octanol–water partition coefficient (Wildman–Crippen LogP) is -0.539. The minimum Gasteiger partial charge on any atom is -0.508 e. The summed E-state index contributed by atoms with van der Waals surface area (Å²) in [5.41, 5.74) is -1.73. The van der Waals surface area contributed by atoms with E-state index in [1.807, 2.05) is 0 Å². The van der Waals surface area contributed by atoms with E-state index in [0.717, 1.165) is 12.1 Å². The highest BCUT2D eigenvalue weighted by Gasteiger charge is 2.45. The van der Waals surface area contributed by atoms with Crippen LogP contribution in [0, 0.1) is 0 Å². The van der Waals surface area contributed by atoms with Gasteiger partial charge in [-0.3, -0.25) is 4.79 Å². The Morgan fingerprint density at radius 3 is 2.36 bits per heavy atom. The minimum atomic E-state index is -1.77. The van der Waals surface area contributed by atoms with E-state index in [0.29, 0.717) is 0 Å². The highest BCUT2D eigenvalue weighted by atomic mass is 16.7. The van der Waals surface area contributed by atoms with Crippen LogP contribution in [0.5, 0.6) is 28.7 Å². The van der Waals surface area contributed by atoms with Gasteiger partial charge in [0.1, 0.15) is 63.9 Å². The fourth-order valence-electron chi connectivity index (χ4n) is 3.58. The van der Waals surface area contributed by atoms with Crippen LogP contribution in [0.4, 0.5) is 0 Å². The van der Waals surface area contributed by atoms with Gasteiger partial charge in [0.05, 0.1) is 6.61 Å². The van der Waals surface area contributed by atoms with Crippen LogP contribution in [0.25, 0.3) is 22.3 Å². The monoisotopic (exact) mass is 464 g/mol. The molecule has 2 unspecified atom stereocenters. The highest BCUT2D eigenvalue weighted by molar-refractivity contribution is 5.89. The Morgan fingerprint density at radius 2 is 1.67 bits per heavy atom. The van der Waals surface area contributed by atoms with E-state index in [4.69, 9.17) is 13.9 Å². The smallest absolute Gasteiger partial charge is 0.238 e. The number of ether oxygens (including phenoxy) is 2. The molecule has 8 N–H and O–H groups in total. The van der Waals surface area contributed by atoms with E-state index in [1.54, 1.807) is 0 Å². The second-order valence-electron chi connectivity index (χ2n) is 7.41. The van der Waals surface area contributed by atoms with Gasteiger partial charge < -0.3 is 54.7 Å². The zero-order chi connectivity index (χ0) is 24.0. The maximum atomic E-state index is 12.7. The second-order valence-corrected chi connectivity index (χ2v) is 7.41. The van der Waals surface area contributed by atoms with Gasteiger partial charge in [-0.15, -0.1) is 0 Å². The lowest BCUT2D eigenvalue weighted by Crippen LogP contribution is -2.60. The van der Waals surface area contributed by atoms with Gasteiger partial charge in [-0.2, -0.15) is 0 Å². The number of aromatic hydroxyl groups is 4. The molecule has 1 saturated heterocycles. The fourth-order valence-corrected chi connectivity index (χ4v) is 3.58. The molecule has 5 atom stereocenters. The number of hydrogen-bond acceptors (Lipinski definition) is 12. The third-order valence-electron chi connectivity index (χ3n) is 5.26. The van der Waals surface area contributed by atoms with Gasteiger partial charge >= 0.3 is 0 Å². The normalized spacial score (nSPS) is 25.3. The summed E-state index contributed by atoms with van der Waals surface area (Å²) < 4.78 is 16.3. The molecule has 2 heterocycles. The van der Waals surface area contributed by atoms with Crippen LogP contribution < -0.4 is 10.2 Å². The van der Waals surface area contributed by atoms with Crippen molar-refractivity contribution in [1.29, 1.82) is 0 Å². The first kappa shape index (κ1) is 22.6. The van der Waals surface area contributed by atoms with Crippen molar-refractivity contribution in [1.82, 2.24) is 0 Å². The first-order chi connectivity index (χ1) is 15.6. The Balaban J connectivity index is 1.84. The number of phenolic OH excluding ortho intramolecular Hbond substituents is 3. The predicted molar refractivity (Wildman–Crippen MR) is 109 cm³/mol. The van der Waals surface area contributed by atoms with E-state index < -0.39 is 76.9 Å². The molecule has 0 amide bonds. The number of aliphatic hydroxyl groups excluding tert-OH is 4. The summed E-state index contributed by atoms with van der Waals surface area (Å²) in [6.45, 7) is -0.703. The third-order valence-corrected chi connectivity index (χ3v) is 5.26. The van der Waals surface area contributed by atoms with Gasteiger partial charge in [0, 0.05) is 12.1 Å². The van der Waals surface area contributed by atoms with Crippen molar-refractivity contribution in [3.05, 3.63) is 40.6 Å². The lowest BCUT2D eigenvalue weighted by Gasteiger charge is -2.39. The third kappa shape index (κ3) is 3.79. The molecule has 0 radical (unpaired) electrons. The van der Waals surface area contributed by atoms with Crippen molar-refractivity contribution in [3.8, 4) is 40.1 Å². The molecule has 0 bridgehead atoms. The lowest BCUT2D eigenvalue weighted by molar-refractivity contribution is -0.277. The summed E-state index contributed by atoms with van der Waals surface area (Å²) in [5.74, 6) is -3.47. The summed E-state index contributed by atoms with van der Waals surface area (Å²) in [6.07, 6.45) is -8.05. The lowest BCUT2D eigenvalue weighted by atomic mass is 9.99.